The summed E-state index contributed by atoms with van der Waals surface area (Å²) >= 11 is 1.65. The summed E-state index contributed by atoms with van der Waals surface area (Å²) in [6.07, 6.45) is 4.29. The van der Waals surface area contributed by atoms with E-state index < -0.39 is 0 Å². The smallest absolute Gasteiger partial charge is 0.141 e. The summed E-state index contributed by atoms with van der Waals surface area (Å²) in [7, 11) is 1.91. The van der Waals surface area contributed by atoms with Gasteiger partial charge in [0.1, 0.15) is 12.2 Å². The van der Waals surface area contributed by atoms with Gasteiger partial charge in [-0.1, -0.05) is 0 Å². The number of aromatic amines is 1. The fourth-order valence-corrected chi connectivity index (χ4v) is 1.90. The Morgan fingerprint density at radius 2 is 2.57 bits per heavy atom. The molecule has 0 aliphatic rings. The first-order chi connectivity index (χ1) is 6.90. The van der Waals surface area contributed by atoms with Crippen LogP contribution in [0.25, 0.3) is 0 Å². The number of likely N-dealkylation sites (N-methyl/N-ethyl adjacent to an activating group) is 1. The van der Waals surface area contributed by atoms with Crippen LogP contribution in [0.1, 0.15) is 16.7 Å². The second-order valence-electron chi connectivity index (χ2n) is 2.88. The van der Waals surface area contributed by atoms with Gasteiger partial charge in [0, 0.05) is 17.5 Å². The molecule has 74 valence electrons. The quantitative estimate of drug-likeness (QED) is 0.780. The normalized spacial score (nSPS) is 12.9. The molecule has 2 rings (SSSR count). The van der Waals surface area contributed by atoms with E-state index in [1.54, 1.807) is 11.3 Å². The van der Waals surface area contributed by atoms with Crippen LogP contribution in [0.3, 0.4) is 0 Å². The van der Waals surface area contributed by atoms with E-state index >= 15 is 0 Å². The van der Waals surface area contributed by atoms with Crippen molar-refractivity contribution in [3.63, 3.8) is 0 Å². The van der Waals surface area contributed by atoms with Crippen LogP contribution < -0.4 is 5.32 Å². The highest BCUT2D eigenvalue weighted by Crippen LogP contribution is 2.16. The standard InChI is InChI=1S/C8H11N5S/c1-9-7(8-11-4-12-13-8)2-6-3-10-5-14-6/h3-5,7,9H,2H2,1H3,(H,11,12,13). The van der Waals surface area contributed by atoms with E-state index in [4.69, 9.17) is 0 Å². The Balaban J connectivity index is 2.08. The molecule has 2 N–H and O–H groups in total. The van der Waals surface area contributed by atoms with Crippen molar-refractivity contribution in [2.75, 3.05) is 7.05 Å². The van der Waals surface area contributed by atoms with Crippen molar-refractivity contribution in [1.29, 1.82) is 0 Å². The van der Waals surface area contributed by atoms with Gasteiger partial charge in [0.05, 0.1) is 11.6 Å². The zero-order valence-corrected chi connectivity index (χ0v) is 8.58. The van der Waals surface area contributed by atoms with Crippen LogP contribution in [0, 0.1) is 0 Å². The maximum Gasteiger partial charge on any atom is 0.141 e. The summed E-state index contributed by atoms with van der Waals surface area (Å²) in [4.78, 5) is 9.40. The van der Waals surface area contributed by atoms with Gasteiger partial charge in [-0.3, -0.25) is 10.1 Å². The van der Waals surface area contributed by atoms with E-state index in [0.717, 1.165) is 12.2 Å². The SMILES string of the molecule is CNC(Cc1cncs1)c1ncn[nH]1. The molecule has 0 bridgehead atoms. The average molecular weight is 209 g/mol. The zero-order chi connectivity index (χ0) is 9.80. The molecule has 0 amide bonds. The third kappa shape index (κ3) is 1.97. The maximum absolute atomic E-state index is 4.12. The van der Waals surface area contributed by atoms with Gasteiger partial charge < -0.3 is 5.32 Å². The number of H-pyrrole nitrogens is 1. The van der Waals surface area contributed by atoms with Crippen molar-refractivity contribution in [3.05, 3.63) is 28.7 Å². The topological polar surface area (TPSA) is 66.5 Å². The molecule has 1 atom stereocenters. The van der Waals surface area contributed by atoms with Gasteiger partial charge in [-0.25, -0.2) is 4.98 Å². The number of hydrogen-bond donors (Lipinski definition) is 2. The Bertz CT molecular complexity index is 355. The minimum absolute atomic E-state index is 0.179. The molecule has 1 unspecified atom stereocenters. The highest BCUT2D eigenvalue weighted by molar-refractivity contribution is 7.09. The summed E-state index contributed by atoms with van der Waals surface area (Å²) in [5, 5.41) is 9.88. The van der Waals surface area contributed by atoms with E-state index in [0.29, 0.717) is 0 Å². The molecule has 0 aliphatic heterocycles. The Morgan fingerprint density at radius 3 is 3.14 bits per heavy atom. The maximum atomic E-state index is 4.12. The fraction of sp³-hybridized carbons (Fsp3) is 0.375. The van der Waals surface area contributed by atoms with Crippen molar-refractivity contribution in [3.8, 4) is 0 Å². The van der Waals surface area contributed by atoms with Crippen molar-refractivity contribution in [1.82, 2.24) is 25.5 Å². The summed E-state index contributed by atoms with van der Waals surface area (Å²) < 4.78 is 0. The molecule has 2 aromatic heterocycles. The minimum Gasteiger partial charge on any atom is -0.310 e. The van der Waals surface area contributed by atoms with E-state index in [2.05, 4.69) is 25.5 Å². The van der Waals surface area contributed by atoms with Crippen molar-refractivity contribution >= 4 is 11.3 Å². The lowest BCUT2D eigenvalue weighted by Crippen LogP contribution is -2.19. The van der Waals surface area contributed by atoms with Gasteiger partial charge in [0.2, 0.25) is 0 Å². The number of aromatic nitrogens is 4. The van der Waals surface area contributed by atoms with E-state index in [1.807, 2.05) is 18.8 Å². The number of nitrogens with one attached hydrogen (secondary N) is 2. The van der Waals surface area contributed by atoms with Gasteiger partial charge in [0.25, 0.3) is 0 Å². The summed E-state index contributed by atoms with van der Waals surface area (Å²) in [5.41, 5.74) is 1.84. The van der Waals surface area contributed by atoms with Crippen LogP contribution in [-0.2, 0) is 6.42 Å². The largest absolute Gasteiger partial charge is 0.310 e. The van der Waals surface area contributed by atoms with Gasteiger partial charge in [-0.2, -0.15) is 5.10 Å². The lowest BCUT2D eigenvalue weighted by atomic mass is 10.2. The summed E-state index contributed by atoms with van der Waals surface area (Å²) in [6, 6.07) is 0.179. The molecule has 2 aromatic rings. The zero-order valence-electron chi connectivity index (χ0n) is 7.77. The highest BCUT2D eigenvalue weighted by Gasteiger charge is 2.13. The molecule has 6 heteroatoms. The molecular weight excluding hydrogens is 198 g/mol. The second kappa shape index (κ2) is 4.30. The molecule has 0 aromatic carbocycles. The lowest BCUT2D eigenvalue weighted by molar-refractivity contribution is 0.563. The number of rotatable bonds is 4. The molecule has 2 heterocycles. The van der Waals surface area contributed by atoms with Crippen LogP contribution in [-0.4, -0.2) is 27.2 Å². The van der Waals surface area contributed by atoms with Crippen LogP contribution in [0.15, 0.2) is 18.0 Å². The molecule has 0 aliphatic carbocycles. The molecule has 0 radical (unpaired) electrons. The molecule has 0 saturated carbocycles. The molecular formula is C8H11N5S. The number of hydrogen-bond acceptors (Lipinski definition) is 5. The van der Waals surface area contributed by atoms with Crippen LogP contribution in [0.2, 0.25) is 0 Å². The molecule has 5 nitrogen and oxygen atoms in total. The Labute approximate surface area is 85.6 Å². The Hall–Kier alpha value is -1.27. The highest BCUT2D eigenvalue weighted by atomic mass is 32.1. The predicted molar refractivity (Wildman–Crippen MR) is 54.0 cm³/mol. The Kier molecular flexibility index (Phi) is 2.85. The van der Waals surface area contributed by atoms with Crippen LogP contribution in [0.4, 0.5) is 0 Å². The third-order valence-electron chi connectivity index (χ3n) is 2.00. The Morgan fingerprint density at radius 1 is 1.64 bits per heavy atom. The van der Waals surface area contributed by atoms with E-state index in [-0.39, 0.29) is 6.04 Å². The number of thiazole rings is 1. The van der Waals surface area contributed by atoms with Gasteiger partial charge in [-0.15, -0.1) is 11.3 Å². The molecule has 0 fully saturated rings. The molecule has 0 saturated heterocycles. The minimum atomic E-state index is 0.179. The summed E-state index contributed by atoms with van der Waals surface area (Å²) in [6.45, 7) is 0. The third-order valence-corrected chi connectivity index (χ3v) is 2.80. The summed E-state index contributed by atoms with van der Waals surface area (Å²) in [5.74, 6) is 0.862. The van der Waals surface area contributed by atoms with Crippen LogP contribution >= 0.6 is 11.3 Å². The van der Waals surface area contributed by atoms with E-state index in [1.165, 1.54) is 11.2 Å². The first kappa shape index (κ1) is 9.29. The van der Waals surface area contributed by atoms with Crippen molar-refractivity contribution < 1.29 is 0 Å². The van der Waals surface area contributed by atoms with Crippen molar-refractivity contribution in [2.24, 2.45) is 0 Å². The average Bonchev–Trinajstić information content (AvgIpc) is 2.86. The lowest BCUT2D eigenvalue weighted by Gasteiger charge is -2.10. The first-order valence-electron chi connectivity index (χ1n) is 4.30. The van der Waals surface area contributed by atoms with E-state index in [9.17, 15) is 0 Å². The molecule has 14 heavy (non-hydrogen) atoms. The molecule has 0 spiro atoms. The number of nitrogens with zero attached hydrogens (tertiary/aromatic N) is 3. The van der Waals surface area contributed by atoms with Gasteiger partial charge >= 0.3 is 0 Å². The fourth-order valence-electron chi connectivity index (χ4n) is 1.26. The first-order valence-corrected chi connectivity index (χ1v) is 5.18. The van der Waals surface area contributed by atoms with Gasteiger partial charge in [-0.05, 0) is 7.05 Å². The van der Waals surface area contributed by atoms with Gasteiger partial charge in [0.15, 0.2) is 0 Å². The second-order valence-corrected chi connectivity index (χ2v) is 3.85. The van der Waals surface area contributed by atoms with Crippen LogP contribution in [0.5, 0.6) is 0 Å². The van der Waals surface area contributed by atoms with Crippen molar-refractivity contribution in [2.45, 2.75) is 12.5 Å². The monoisotopic (exact) mass is 209 g/mol. The predicted octanol–water partition coefficient (Wildman–Crippen LogP) is 0.764.